The third-order valence-electron chi connectivity index (χ3n) is 5.08. The number of ketones is 1. The van der Waals surface area contributed by atoms with E-state index in [1.807, 2.05) is 6.92 Å². The van der Waals surface area contributed by atoms with Crippen molar-refractivity contribution in [2.45, 2.75) is 41.7 Å². The van der Waals surface area contributed by atoms with E-state index in [4.69, 9.17) is 4.74 Å². The molecule has 6 nitrogen and oxygen atoms in total. The highest BCUT2D eigenvalue weighted by Crippen LogP contribution is 2.34. The Hall–Kier alpha value is -2.51. The Morgan fingerprint density at radius 2 is 1.89 bits per heavy atom. The fraction of sp³-hybridized carbons (Fsp3) is 0.300. The number of sulfone groups is 1. The topological polar surface area (TPSA) is 89.5 Å². The van der Waals surface area contributed by atoms with Crippen LogP contribution in [0.15, 0.2) is 52.3 Å². The molecule has 2 atom stereocenters. The molecule has 140 valence electrons. The molecule has 0 spiro atoms. The molecule has 1 amide bonds. The number of hydrogen-bond donors (Lipinski definition) is 1. The van der Waals surface area contributed by atoms with Gasteiger partial charge in [0, 0.05) is 23.3 Å². The van der Waals surface area contributed by atoms with Crippen LogP contribution in [0.5, 0.6) is 0 Å². The minimum absolute atomic E-state index is 0.0206. The third kappa shape index (κ3) is 2.96. The van der Waals surface area contributed by atoms with Crippen molar-refractivity contribution in [3.05, 3.63) is 59.2 Å². The highest BCUT2D eigenvalue weighted by molar-refractivity contribution is 7.91. The number of hydrogen-bond acceptors (Lipinski definition) is 5. The van der Waals surface area contributed by atoms with E-state index in [0.29, 0.717) is 6.61 Å². The van der Waals surface area contributed by atoms with Gasteiger partial charge < -0.3 is 10.1 Å². The lowest BCUT2D eigenvalue weighted by molar-refractivity contribution is 0.0712. The molecule has 0 radical (unpaired) electrons. The van der Waals surface area contributed by atoms with E-state index >= 15 is 0 Å². The van der Waals surface area contributed by atoms with Crippen molar-refractivity contribution >= 4 is 21.5 Å². The van der Waals surface area contributed by atoms with Crippen LogP contribution in [-0.2, 0) is 14.6 Å². The maximum Gasteiger partial charge on any atom is 0.251 e. The number of amides is 1. The van der Waals surface area contributed by atoms with Gasteiger partial charge in [-0.2, -0.15) is 0 Å². The standard InChI is InChI=1S/C20H19NO5S/c1-12(16-6-4-10-26-16)21-20(23)13-8-9-15-18(11-13)27(24,25)17-7-3-2-5-14(17)19(15)22/h2-3,5,7-9,11-12,16H,4,6,10H2,1H3,(H,21,23)/t12-,16-/m0/s1. The maximum atomic E-state index is 12.9. The molecular weight excluding hydrogens is 366 g/mol. The first-order chi connectivity index (χ1) is 12.9. The molecule has 0 saturated carbocycles. The van der Waals surface area contributed by atoms with E-state index in [9.17, 15) is 18.0 Å². The van der Waals surface area contributed by atoms with Crippen molar-refractivity contribution in [3.8, 4) is 0 Å². The summed E-state index contributed by atoms with van der Waals surface area (Å²) in [5.41, 5.74) is 0.459. The van der Waals surface area contributed by atoms with Gasteiger partial charge in [-0.25, -0.2) is 8.42 Å². The lowest BCUT2D eigenvalue weighted by Gasteiger charge is -2.21. The molecule has 1 fully saturated rings. The molecule has 2 aromatic carbocycles. The molecule has 2 aromatic rings. The van der Waals surface area contributed by atoms with Gasteiger partial charge >= 0.3 is 0 Å². The second kappa shape index (κ2) is 6.58. The third-order valence-corrected chi connectivity index (χ3v) is 6.93. The largest absolute Gasteiger partial charge is 0.376 e. The number of nitrogens with one attached hydrogen (secondary N) is 1. The molecule has 2 aliphatic heterocycles. The van der Waals surface area contributed by atoms with Crippen LogP contribution in [-0.4, -0.2) is 38.9 Å². The molecule has 0 aliphatic carbocycles. The zero-order valence-corrected chi connectivity index (χ0v) is 15.6. The van der Waals surface area contributed by atoms with Crippen molar-refractivity contribution in [1.82, 2.24) is 5.32 Å². The van der Waals surface area contributed by atoms with E-state index in [0.717, 1.165) is 12.8 Å². The number of ether oxygens (including phenoxy) is 1. The SMILES string of the molecule is C[C@H](NC(=O)c1ccc2c(c1)S(=O)(=O)c1ccccc1C2=O)[C@@H]1CCCO1. The van der Waals surface area contributed by atoms with Crippen LogP contribution in [0.4, 0.5) is 0 Å². The number of benzene rings is 2. The molecule has 1 N–H and O–H groups in total. The Morgan fingerprint density at radius 3 is 2.63 bits per heavy atom. The Bertz CT molecular complexity index is 1040. The Morgan fingerprint density at radius 1 is 1.15 bits per heavy atom. The van der Waals surface area contributed by atoms with Crippen molar-refractivity contribution < 1.29 is 22.7 Å². The molecular formula is C20H19NO5S. The molecule has 0 bridgehead atoms. The summed E-state index contributed by atoms with van der Waals surface area (Å²) in [4.78, 5) is 25.1. The molecule has 27 heavy (non-hydrogen) atoms. The molecule has 7 heteroatoms. The van der Waals surface area contributed by atoms with E-state index < -0.39 is 9.84 Å². The summed E-state index contributed by atoms with van der Waals surface area (Å²) in [7, 11) is -3.86. The van der Waals surface area contributed by atoms with Gasteiger partial charge in [0.25, 0.3) is 5.91 Å². The first-order valence-electron chi connectivity index (χ1n) is 8.85. The van der Waals surface area contributed by atoms with Gasteiger partial charge in [-0.15, -0.1) is 0 Å². The van der Waals surface area contributed by atoms with Crippen LogP contribution in [0.3, 0.4) is 0 Å². The summed E-state index contributed by atoms with van der Waals surface area (Å²) >= 11 is 0. The maximum absolute atomic E-state index is 12.9. The van der Waals surface area contributed by atoms with Gasteiger partial charge in [0.05, 0.1) is 21.9 Å². The van der Waals surface area contributed by atoms with Gasteiger partial charge in [-0.05, 0) is 50.1 Å². The highest BCUT2D eigenvalue weighted by Gasteiger charge is 2.35. The summed E-state index contributed by atoms with van der Waals surface area (Å²) in [5.74, 6) is -0.739. The first-order valence-corrected chi connectivity index (χ1v) is 10.3. The van der Waals surface area contributed by atoms with Crippen LogP contribution in [0.25, 0.3) is 0 Å². The minimum Gasteiger partial charge on any atom is -0.376 e. The zero-order valence-electron chi connectivity index (χ0n) is 14.8. The average molecular weight is 385 g/mol. The second-order valence-corrected chi connectivity index (χ2v) is 8.74. The normalized spacial score (nSPS) is 21.2. The summed E-state index contributed by atoms with van der Waals surface area (Å²) in [6, 6.07) is 10.1. The second-order valence-electron chi connectivity index (χ2n) is 6.85. The average Bonchev–Trinajstić information content (AvgIpc) is 3.21. The molecule has 1 saturated heterocycles. The van der Waals surface area contributed by atoms with Crippen molar-refractivity contribution in [1.29, 1.82) is 0 Å². The van der Waals surface area contributed by atoms with E-state index in [1.54, 1.807) is 12.1 Å². The van der Waals surface area contributed by atoms with E-state index in [-0.39, 0.29) is 50.3 Å². The fourth-order valence-electron chi connectivity index (χ4n) is 3.61. The van der Waals surface area contributed by atoms with Gasteiger partial charge in [0.15, 0.2) is 5.78 Å². The Balaban J connectivity index is 1.68. The van der Waals surface area contributed by atoms with Crippen molar-refractivity contribution in [2.75, 3.05) is 6.61 Å². The van der Waals surface area contributed by atoms with Crippen LogP contribution in [0, 0.1) is 0 Å². The number of rotatable bonds is 3. The smallest absolute Gasteiger partial charge is 0.251 e. The van der Waals surface area contributed by atoms with Gasteiger partial charge in [0.1, 0.15) is 0 Å². The molecule has 4 rings (SSSR count). The number of carbonyl (C=O) groups excluding carboxylic acids is 2. The van der Waals surface area contributed by atoms with Crippen LogP contribution in [0.1, 0.15) is 46.0 Å². The van der Waals surface area contributed by atoms with Gasteiger partial charge in [-0.3, -0.25) is 9.59 Å². The molecule has 0 unspecified atom stereocenters. The first kappa shape index (κ1) is 17.9. The van der Waals surface area contributed by atoms with Gasteiger partial charge in [0.2, 0.25) is 9.84 Å². The van der Waals surface area contributed by atoms with Crippen molar-refractivity contribution in [2.24, 2.45) is 0 Å². The predicted molar refractivity (Wildman–Crippen MR) is 97.7 cm³/mol. The molecule has 0 aromatic heterocycles. The zero-order chi connectivity index (χ0) is 19.2. The summed E-state index contributed by atoms with van der Waals surface area (Å²) in [6.07, 6.45) is 1.80. The quantitative estimate of drug-likeness (QED) is 0.748. The predicted octanol–water partition coefficient (Wildman–Crippen LogP) is 2.36. The minimum atomic E-state index is -3.86. The lowest BCUT2D eigenvalue weighted by Crippen LogP contribution is -2.40. The molecule has 2 heterocycles. The summed E-state index contributed by atoms with van der Waals surface area (Å²) < 4.78 is 31.5. The highest BCUT2D eigenvalue weighted by atomic mass is 32.2. The van der Waals surface area contributed by atoms with Gasteiger partial charge in [-0.1, -0.05) is 12.1 Å². The molecule has 2 aliphatic rings. The summed E-state index contributed by atoms with van der Waals surface area (Å²) in [5, 5.41) is 2.86. The lowest BCUT2D eigenvalue weighted by atomic mass is 10.0. The van der Waals surface area contributed by atoms with Crippen molar-refractivity contribution in [3.63, 3.8) is 0 Å². The van der Waals surface area contributed by atoms with E-state index in [1.165, 1.54) is 30.3 Å². The fourth-order valence-corrected chi connectivity index (χ4v) is 5.28. The number of fused-ring (bicyclic) bond motifs is 2. The monoisotopic (exact) mass is 385 g/mol. The summed E-state index contributed by atoms with van der Waals surface area (Å²) in [6.45, 7) is 2.55. The Kier molecular flexibility index (Phi) is 4.36. The number of carbonyl (C=O) groups is 2. The van der Waals surface area contributed by atoms with Crippen LogP contribution in [0.2, 0.25) is 0 Å². The van der Waals surface area contributed by atoms with Crippen LogP contribution < -0.4 is 5.32 Å². The van der Waals surface area contributed by atoms with E-state index in [2.05, 4.69) is 5.32 Å². The van der Waals surface area contributed by atoms with Crippen LogP contribution >= 0.6 is 0 Å². The Labute approximate surface area is 157 Å².